The smallest absolute Gasteiger partial charge is 0.258 e. The van der Waals surface area contributed by atoms with Crippen molar-refractivity contribution < 1.29 is 13.3 Å². The zero-order valence-corrected chi connectivity index (χ0v) is 15.3. The van der Waals surface area contributed by atoms with Crippen molar-refractivity contribution in [3.05, 3.63) is 58.1 Å². The lowest BCUT2D eigenvalue weighted by molar-refractivity contribution is -0.385. The first-order valence-electron chi connectivity index (χ1n) is 7.91. The minimum Gasteiger partial charge on any atom is -0.258 e. The lowest BCUT2D eigenvalue weighted by Gasteiger charge is -2.18. The Kier molecular flexibility index (Phi) is 5.12. The van der Waals surface area contributed by atoms with Gasteiger partial charge in [-0.05, 0) is 38.0 Å². The molecule has 2 aromatic rings. The Morgan fingerprint density at radius 3 is 2.32 bits per heavy atom. The highest BCUT2D eigenvalue weighted by Crippen LogP contribution is 2.37. The zero-order chi connectivity index (χ0) is 18.0. The van der Waals surface area contributed by atoms with Crippen LogP contribution in [-0.2, 0) is 10.0 Å². The molecule has 1 aliphatic rings. The molecule has 3 rings (SSSR count). The van der Waals surface area contributed by atoms with Crippen molar-refractivity contribution in [2.45, 2.75) is 34.5 Å². The Morgan fingerprint density at radius 1 is 1.08 bits per heavy atom. The van der Waals surface area contributed by atoms with Gasteiger partial charge in [0.25, 0.3) is 5.69 Å². The first kappa shape index (κ1) is 17.9. The van der Waals surface area contributed by atoms with E-state index < -0.39 is 14.9 Å². The molecule has 6 nitrogen and oxygen atoms in total. The summed E-state index contributed by atoms with van der Waals surface area (Å²) in [6.07, 6.45) is 1.63. The molecule has 1 aliphatic heterocycles. The van der Waals surface area contributed by atoms with E-state index in [9.17, 15) is 18.5 Å². The number of nitrogens with zero attached hydrogens (tertiary/aromatic N) is 2. The summed E-state index contributed by atoms with van der Waals surface area (Å²) >= 11 is 1.30. The van der Waals surface area contributed by atoms with Gasteiger partial charge in [-0.15, -0.1) is 0 Å². The second kappa shape index (κ2) is 7.15. The molecule has 0 spiro atoms. The van der Waals surface area contributed by atoms with Crippen LogP contribution in [0.15, 0.2) is 57.2 Å². The van der Waals surface area contributed by atoms with Crippen LogP contribution in [0.5, 0.6) is 0 Å². The van der Waals surface area contributed by atoms with E-state index in [1.165, 1.54) is 34.3 Å². The number of non-ortho nitro benzene ring substituents is 1. The van der Waals surface area contributed by atoms with Crippen LogP contribution in [0.3, 0.4) is 0 Å². The van der Waals surface area contributed by atoms with E-state index >= 15 is 0 Å². The average molecular weight is 378 g/mol. The fraction of sp³-hybridized carbons (Fsp3) is 0.294. The maximum absolute atomic E-state index is 13.0. The summed E-state index contributed by atoms with van der Waals surface area (Å²) in [5.41, 5.74) is 0.893. The first-order chi connectivity index (χ1) is 11.9. The van der Waals surface area contributed by atoms with Crippen LogP contribution in [0.2, 0.25) is 0 Å². The molecule has 1 heterocycles. The van der Waals surface area contributed by atoms with Crippen molar-refractivity contribution in [3.63, 3.8) is 0 Å². The number of aryl methyl sites for hydroxylation is 1. The number of nitro groups is 1. The summed E-state index contributed by atoms with van der Waals surface area (Å²) in [5, 5.41) is 11.1. The molecule has 0 radical (unpaired) electrons. The molecule has 8 heteroatoms. The van der Waals surface area contributed by atoms with Gasteiger partial charge < -0.3 is 0 Å². The van der Waals surface area contributed by atoms with E-state index in [1.807, 2.05) is 31.2 Å². The van der Waals surface area contributed by atoms with E-state index in [-0.39, 0.29) is 10.6 Å². The Balaban J connectivity index is 2.05. The van der Waals surface area contributed by atoms with Crippen LogP contribution in [0.4, 0.5) is 5.69 Å². The maximum atomic E-state index is 13.0. The molecule has 2 aromatic carbocycles. The van der Waals surface area contributed by atoms with Crippen molar-refractivity contribution >= 4 is 27.5 Å². The molecule has 132 valence electrons. The average Bonchev–Trinajstić information content (AvgIpc) is 3.12. The topological polar surface area (TPSA) is 80.5 Å². The third kappa shape index (κ3) is 3.86. The molecule has 0 saturated carbocycles. The molecule has 0 atom stereocenters. The van der Waals surface area contributed by atoms with E-state index in [1.54, 1.807) is 0 Å². The zero-order valence-electron chi connectivity index (χ0n) is 13.7. The summed E-state index contributed by atoms with van der Waals surface area (Å²) in [6.45, 7) is 2.89. The third-order valence-electron chi connectivity index (χ3n) is 4.07. The van der Waals surface area contributed by atoms with Crippen molar-refractivity contribution in [3.8, 4) is 0 Å². The molecule has 1 fully saturated rings. The largest absolute Gasteiger partial charge is 0.270 e. The summed E-state index contributed by atoms with van der Waals surface area (Å²) < 4.78 is 27.3. The van der Waals surface area contributed by atoms with Gasteiger partial charge in [0.1, 0.15) is 4.90 Å². The standard InChI is InChI=1S/C17H18N2O4S2/c1-13-4-7-15(8-5-13)24-16-9-6-14(19(20)21)12-17(16)25(22,23)18-10-2-3-11-18/h4-9,12H,2-3,10-11H2,1H3. The summed E-state index contributed by atoms with van der Waals surface area (Å²) in [7, 11) is -3.75. The number of nitro benzene ring substituents is 1. The molecule has 0 aliphatic carbocycles. The van der Waals surface area contributed by atoms with Crippen LogP contribution in [0.25, 0.3) is 0 Å². The minimum absolute atomic E-state index is 0.00850. The van der Waals surface area contributed by atoms with Gasteiger partial charge in [0, 0.05) is 35.0 Å². The third-order valence-corrected chi connectivity index (χ3v) is 7.22. The summed E-state index contributed by atoms with van der Waals surface area (Å²) in [6, 6.07) is 11.8. The molecular weight excluding hydrogens is 360 g/mol. The minimum atomic E-state index is -3.75. The quantitative estimate of drug-likeness (QED) is 0.583. The highest BCUT2D eigenvalue weighted by Gasteiger charge is 2.31. The predicted molar refractivity (Wildman–Crippen MR) is 96.4 cm³/mol. The van der Waals surface area contributed by atoms with E-state index in [0.717, 1.165) is 23.3 Å². The molecule has 0 N–H and O–H groups in total. The van der Waals surface area contributed by atoms with Gasteiger partial charge in [0.15, 0.2) is 0 Å². The van der Waals surface area contributed by atoms with Crippen LogP contribution in [0.1, 0.15) is 18.4 Å². The van der Waals surface area contributed by atoms with E-state index in [4.69, 9.17) is 0 Å². The van der Waals surface area contributed by atoms with Gasteiger partial charge in [-0.1, -0.05) is 29.5 Å². The molecule has 0 amide bonds. The van der Waals surface area contributed by atoms with Crippen molar-refractivity contribution in [1.29, 1.82) is 0 Å². The fourth-order valence-electron chi connectivity index (χ4n) is 2.70. The Hall–Kier alpha value is -1.90. The van der Waals surface area contributed by atoms with Crippen molar-refractivity contribution in [2.75, 3.05) is 13.1 Å². The van der Waals surface area contributed by atoms with E-state index in [0.29, 0.717) is 18.0 Å². The Bertz CT molecular complexity index is 889. The number of rotatable bonds is 5. The van der Waals surface area contributed by atoms with Crippen molar-refractivity contribution in [1.82, 2.24) is 4.31 Å². The van der Waals surface area contributed by atoms with Gasteiger partial charge in [0.2, 0.25) is 10.0 Å². The molecular formula is C17H18N2O4S2. The lowest BCUT2D eigenvalue weighted by atomic mass is 10.2. The highest BCUT2D eigenvalue weighted by molar-refractivity contribution is 8.00. The maximum Gasteiger partial charge on any atom is 0.270 e. The number of hydrogen-bond donors (Lipinski definition) is 0. The van der Waals surface area contributed by atoms with Gasteiger partial charge in [-0.25, -0.2) is 8.42 Å². The second-order valence-corrected chi connectivity index (χ2v) is 8.94. The number of sulfonamides is 1. The monoisotopic (exact) mass is 378 g/mol. The molecule has 1 saturated heterocycles. The first-order valence-corrected chi connectivity index (χ1v) is 10.2. The number of hydrogen-bond acceptors (Lipinski definition) is 5. The lowest BCUT2D eigenvalue weighted by Crippen LogP contribution is -2.28. The SMILES string of the molecule is Cc1ccc(Sc2ccc([N+](=O)[O-])cc2S(=O)(=O)N2CCCC2)cc1. The van der Waals surface area contributed by atoms with Crippen LogP contribution >= 0.6 is 11.8 Å². The summed E-state index contributed by atoms with van der Waals surface area (Å²) in [4.78, 5) is 11.9. The van der Waals surface area contributed by atoms with Crippen molar-refractivity contribution in [2.24, 2.45) is 0 Å². The number of benzene rings is 2. The normalized spacial score (nSPS) is 15.4. The van der Waals surface area contributed by atoms with Crippen LogP contribution in [-0.4, -0.2) is 30.7 Å². The Morgan fingerprint density at radius 2 is 1.72 bits per heavy atom. The van der Waals surface area contributed by atoms with Gasteiger partial charge in [-0.2, -0.15) is 4.31 Å². The van der Waals surface area contributed by atoms with E-state index in [2.05, 4.69) is 0 Å². The fourth-order valence-corrected chi connectivity index (χ4v) is 5.57. The molecule has 0 aromatic heterocycles. The van der Waals surface area contributed by atoms with Crippen LogP contribution in [0, 0.1) is 17.0 Å². The van der Waals surface area contributed by atoms with Gasteiger partial charge in [-0.3, -0.25) is 10.1 Å². The summed E-state index contributed by atoms with van der Waals surface area (Å²) in [5.74, 6) is 0. The van der Waals surface area contributed by atoms with Gasteiger partial charge >= 0.3 is 0 Å². The predicted octanol–water partition coefficient (Wildman–Crippen LogP) is 3.84. The highest BCUT2D eigenvalue weighted by atomic mass is 32.2. The molecule has 0 bridgehead atoms. The van der Waals surface area contributed by atoms with Gasteiger partial charge in [0.05, 0.1) is 4.92 Å². The molecule has 0 unspecified atom stereocenters. The van der Waals surface area contributed by atoms with Crippen LogP contribution < -0.4 is 0 Å². The molecule has 25 heavy (non-hydrogen) atoms. The second-order valence-electron chi connectivity index (χ2n) is 5.91. The Labute approximate surface area is 151 Å².